The van der Waals surface area contributed by atoms with Crippen molar-refractivity contribution in [3.63, 3.8) is 0 Å². The van der Waals surface area contributed by atoms with Gasteiger partial charge in [0.2, 0.25) is 0 Å². The first kappa shape index (κ1) is 9.77. The fourth-order valence-corrected chi connectivity index (χ4v) is 1.85. The molecule has 3 nitrogen and oxygen atoms in total. The normalized spacial score (nSPS) is 10.6. The monoisotopic (exact) mass is 201 g/mol. The highest BCUT2D eigenvalue weighted by molar-refractivity contribution is 5.68. The fourth-order valence-electron chi connectivity index (χ4n) is 1.85. The lowest BCUT2D eigenvalue weighted by molar-refractivity contribution is 0.780. The Balaban J connectivity index is 2.63. The largest absolute Gasteiger partial charge is 0.382 e. The van der Waals surface area contributed by atoms with Crippen molar-refractivity contribution >= 4 is 5.82 Å². The first-order chi connectivity index (χ1) is 7.09. The molecule has 0 radical (unpaired) electrons. The Hall–Kier alpha value is -1.77. The minimum absolute atomic E-state index is 0.606. The van der Waals surface area contributed by atoms with Gasteiger partial charge in [-0.05, 0) is 19.9 Å². The van der Waals surface area contributed by atoms with Crippen LogP contribution in [-0.4, -0.2) is 9.78 Å². The van der Waals surface area contributed by atoms with E-state index in [0.29, 0.717) is 5.82 Å². The maximum atomic E-state index is 5.78. The summed E-state index contributed by atoms with van der Waals surface area (Å²) in [6.45, 7) is 4.08. The zero-order valence-corrected chi connectivity index (χ0v) is 9.28. The predicted molar refractivity (Wildman–Crippen MR) is 62.5 cm³/mol. The summed E-state index contributed by atoms with van der Waals surface area (Å²) in [5.74, 6) is 0.606. The van der Waals surface area contributed by atoms with Gasteiger partial charge >= 0.3 is 0 Å². The molecule has 1 heterocycles. The van der Waals surface area contributed by atoms with E-state index < -0.39 is 0 Å². The van der Waals surface area contributed by atoms with Gasteiger partial charge in [0.15, 0.2) is 0 Å². The average Bonchev–Trinajstić information content (AvgIpc) is 2.41. The maximum absolute atomic E-state index is 5.78. The van der Waals surface area contributed by atoms with Crippen LogP contribution in [0.2, 0.25) is 0 Å². The van der Waals surface area contributed by atoms with Gasteiger partial charge in [-0.2, -0.15) is 5.10 Å². The molecule has 0 bridgehead atoms. The molecular formula is C12H15N3. The molecule has 15 heavy (non-hydrogen) atoms. The number of hydrogen-bond donors (Lipinski definition) is 1. The molecule has 0 aliphatic heterocycles. The molecule has 2 N–H and O–H groups in total. The van der Waals surface area contributed by atoms with E-state index in [1.165, 1.54) is 11.1 Å². The molecule has 3 heteroatoms. The summed E-state index contributed by atoms with van der Waals surface area (Å²) in [7, 11) is 1.92. The molecular weight excluding hydrogens is 186 g/mol. The van der Waals surface area contributed by atoms with E-state index in [9.17, 15) is 0 Å². The second-order valence-corrected chi connectivity index (χ2v) is 3.85. The molecule has 0 unspecified atom stereocenters. The molecule has 0 spiro atoms. The van der Waals surface area contributed by atoms with Crippen molar-refractivity contribution in [3.05, 3.63) is 35.4 Å². The topological polar surface area (TPSA) is 43.8 Å². The molecule has 0 aliphatic rings. The summed E-state index contributed by atoms with van der Waals surface area (Å²) in [6.07, 6.45) is 0. The number of hydrogen-bond acceptors (Lipinski definition) is 2. The van der Waals surface area contributed by atoms with Gasteiger partial charge in [-0.25, -0.2) is 0 Å². The van der Waals surface area contributed by atoms with Gasteiger partial charge in [-0.3, -0.25) is 4.68 Å². The van der Waals surface area contributed by atoms with Crippen LogP contribution in [0.25, 0.3) is 11.3 Å². The standard InChI is InChI=1S/C12H15N3/c1-8-5-4-6-10(7-8)11-9(2)12(13)14-15(11)3/h4-7H,1-3H3,(H2,13,14). The summed E-state index contributed by atoms with van der Waals surface area (Å²) < 4.78 is 1.83. The highest BCUT2D eigenvalue weighted by Gasteiger charge is 2.11. The summed E-state index contributed by atoms with van der Waals surface area (Å²) in [4.78, 5) is 0. The molecule has 0 aliphatic carbocycles. The van der Waals surface area contributed by atoms with E-state index in [2.05, 4.69) is 30.2 Å². The van der Waals surface area contributed by atoms with Gasteiger partial charge in [0.1, 0.15) is 5.82 Å². The van der Waals surface area contributed by atoms with Gasteiger partial charge < -0.3 is 5.73 Å². The van der Waals surface area contributed by atoms with Gasteiger partial charge in [0, 0.05) is 18.2 Å². The van der Waals surface area contributed by atoms with Crippen LogP contribution in [0, 0.1) is 13.8 Å². The quantitative estimate of drug-likeness (QED) is 0.769. The van der Waals surface area contributed by atoms with Crippen LogP contribution in [0.1, 0.15) is 11.1 Å². The Bertz CT molecular complexity index is 498. The minimum Gasteiger partial charge on any atom is -0.382 e. The van der Waals surface area contributed by atoms with Crippen molar-refractivity contribution in [1.82, 2.24) is 9.78 Å². The molecule has 0 fully saturated rings. The Morgan fingerprint density at radius 2 is 2.00 bits per heavy atom. The molecule has 0 saturated carbocycles. The Morgan fingerprint density at radius 3 is 2.53 bits per heavy atom. The van der Waals surface area contributed by atoms with Crippen LogP contribution >= 0.6 is 0 Å². The van der Waals surface area contributed by atoms with E-state index >= 15 is 0 Å². The molecule has 1 aromatic heterocycles. The van der Waals surface area contributed by atoms with Crippen molar-refractivity contribution in [1.29, 1.82) is 0 Å². The zero-order chi connectivity index (χ0) is 11.0. The lowest BCUT2D eigenvalue weighted by Gasteiger charge is -2.04. The Morgan fingerprint density at radius 1 is 1.27 bits per heavy atom. The van der Waals surface area contributed by atoms with Crippen molar-refractivity contribution in [2.75, 3.05) is 5.73 Å². The van der Waals surface area contributed by atoms with Gasteiger partial charge in [0.25, 0.3) is 0 Å². The summed E-state index contributed by atoms with van der Waals surface area (Å²) >= 11 is 0. The van der Waals surface area contributed by atoms with E-state index in [4.69, 9.17) is 5.73 Å². The van der Waals surface area contributed by atoms with Crippen LogP contribution < -0.4 is 5.73 Å². The van der Waals surface area contributed by atoms with Crippen LogP contribution in [-0.2, 0) is 7.05 Å². The lowest BCUT2D eigenvalue weighted by Crippen LogP contribution is -1.94. The Labute approximate surface area is 89.5 Å². The SMILES string of the molecule is Cc1cccc(-c2c(C)c(N)nn2C)c1. The molecule has 78 valence electrons. The number of benzene rings is 1. The van der Waals surface area contributed by atoms with E-state index in [0.717, 1.165) is 11.3 Å². The molecule has 1 aromatic carbocycles. The summed E-state index contributed by atoms with van der Waals surface area (Å²) in [5, 5.41) is 4.21. The zero-order valence-electron chi connectivity index (χ0n) is 9.28. The van der Waals surface area contributed by atoms with E-state index in [1.54, 1.807) is 0 Å². The first-order valence-corrected chi connectivity index (χ1v) is 4.95. The number of aromatic nitrogens is 2. The second kappa shape index (κ2) is 3.42. The highest BCUT2D eigenvalue weighted by Crippen LogP contribution is 2.26. The smallest absolute Gasteiger partial charge is 0.148 e. The number of nitrogens with zero attached hydrogens (tertiary/aromatic N) is 2. The van der Waals surface area contributed by atoms with Crippen LogP contribution in [0.3, 0.4) is 0 Å². The number of nitrogens with two attached hydrogens (primary N) is 1. The number of aryl methyl sites for hydroxylation is 2. The predicted octanol–water partition coefficient (Wildman–Crippen LogP) is 2.29. The van der Waals surface area contributed by atoms with Crippen LogP contribution in [0.15, 0.2) is 24.3 Å². The van der Waals surface area contributed by atoms with Crippen LogP contribution in [0.4, 0.5) is 5.82 Å². The highest BCUT2D eigenvalue weighted by atomic mass is 15.3. The maximum Gasteiger partial charge on any atom is 0.148 e. The fraction of sp³-hybridized carbons (Fsp3) is 0.250. The van der Waals surface area contributed by atoms with Crippen molar-refractivity contribution < 1.29 is 0 Å². The first-order valence-electron chi connectivity index (χ1n) is 4.95. The molecule has 0 atom stereocenters. The van der Waals surface area contributed by atoms with Crippen molar-refractivity contribution in [3.8, 4) is 11.3 Å². The third kappa shape index (κ3) is 1.61. The Kier molecular flexibility index (Phi) is 2.23. The molecule has 2 rings (SSSR count). The van der Waals surface area contributed by atoms with Crippen molar-refractivity contribution in [2.24, 2.45) is 7.05 Å². The van der Waals surface area contributed by atoms with E-state index in [1.807, 2.05) is 24.7 Å². The van der Waals surface area contributed by atoms with Gasteiger partial charge in [-0.15, -0.1) is 0 Å². The molecule has 0 amide bonds. The second-order valence-electron chi connectivity index (χ2n) is 3.85. The molecule has 2 aromatic rings. The van der Waals surface area contributed by atoms with Crippen molar-refractivity contribution in [2.45, 2.75) is 13.8 Å². The minimum atomic E-state index is 0.606. The third-order valence-corrected chi connectivity index (χ3v) is 2.61. The number of nitrogen functional groups attached to an aromatic ring is 1. The number of anilines is 1. The summed E-state index contributed by atoms with van der Waals surface area (Å²) in [5.41, 5.74) is 10.3. The van der Waals surface area contributed by atoms with E-state index in [-0.39, 0.29) is 0 Å². The number of rotatable bonds is 1. The average molecular weight is 201 g/mol. The van der Waals surface area contributed by atoms with Crippen LogP contribution in [0.5, 0.6) is 0 Å². The lowest BCUT2D eigenvalue weighted by atomic mass is 10.1. The van der Waals surface area contributed by atoms with Gasteiger partial charge in [-0.1, -0.05) is 23.8 Å². The third-order valence-electron chi connectivity index (χ3n) is 2.61. The van der Waals surface area contributed by atoms with Gasteiger partial charge in [0.05, 0.1) is 5.69 Å². The molecule has 0 saturated heterocycles. The summed E-state index contributed by atoms with van der Waals surface area (Å²) in [6, 6.07) is 8.35.